The molecule has 0 spiro atoms. The van der Waals surface area contributed by atoms with Gasteiger partial charge >= 0.3 is 0 Å². The number of ether oxygens (including phenoxy) is 2. The Morgan fingerprint density at radius 2 is 1.81 bits per heavy atom. The molecule has 2 aliphatic carbocycles. The van der Waals surface area contributed by atoms with E-state index in [0.717, 1.165) is 37.0 Å². The molecule has 2 fully saturated rings. The maximum absolute atomic E-state index is 13.2. The van der Waals surface area contributed by atoms with Gasteiger partial charge in [-0.25, -0.2) is 0 Å². The predicted octanol–water partition coefficient (Wildman–Crippen LogP) is 4.22. The first-order chi connectivity index (χ1) is 13.2. The average molecular weight is 366 g/mol. The maximum Gasteiger partial charge on any atom is 0.254 e. The minimum absolute atomic E-state index is 0.0417. The number of hydrogen-bond acceptors (Lipinski definition) is 4. The molecular formula is C22H26N2O3. The maximum atomic E-state index is 13.2. The van der Waals surface area contributed by atoms with Crippen LogP contribution < -0.4 is 9.47 Å². The lowest BCUT2D eigenvalue weighted by atomic mass is 10.1. The van der Waals surface area contributed by atoms with Crippen molar-refractivity contribution in [3.63, 3.8) is 0 Å². The molecule has 2 saturated carbocycles. The molecule has 4 rings (SSSR count). The van der Waals surface area contributed by atoms with Crippen LogP contribution in [0.5, 0.6) is 11.5 Å². The van der Waals surface area contributed by atoms with E-state index >= 15 is 0 Å². The van der Waals surface area contributed by atoms with Crippen LogP contribution in [-0.4, -0.2) is 35.0 Å². The molecule has 5 heteroatoms. The summed E-state index contributed by atoms with van der Waals surface area (Å²) in [7, 11) is 1.63. The molecule has 0 unspecified atom stereocenters. The summed E-state index contributed by atoms with van der Waals surface area (Å²) in [6, 6.07) is 9.79. The lowest BCUT2D eigenvalue weighted by Crippen LogP contribution is -2.32. The quantitative estimate of drug-likeness (QED) is 0.736. The Kier molecular flexibility index (Phi) is 5.28. The third-order valence-corrected chi connectivity index (χ3v) is 5.36. The van der Waals surface area contributed by atoms with E-state index in [1.807, 2.05) is 35.2 Å². The van der Waals surface area contributed by atoms with Crippen molar-refractivity contribution in [2.45, 2.75) is 57.2 Å². The van der Waals surface area contributed by atoms with Gasteiger partial charge in [0.1, 0.15) is 0 Å². The summed E-state index contributed by atoms with van der Waals surface area (Å²) in [5.41, 5.74) is 1.74. The van der Waals surface area contributed by atoms with E-state index in [-0.39, 0.29) is 12.0 Å². The third kappa shape index (κ3) is 4.24. The average Bonchev–Trinajstić information content (AvgIpc) is 3.43. The molecule has 1 amide bonds. The smallest absolute Gasteiger partial charge is 0.254 e. The van der Waals surface area contributed by atoms with Crippen LogP contribution in [-0.2, 0) is 6.54 Å². The Hall–Kier alpha value is -2.56. The summed E-state index contributed by atoms with van der Waals surface area (Å²) in [5, 5.41) is 0. The molecule has 0 aliphatic heterocycles. The number of carbonyl (C=O) groups is 1. The highest BCUT2D eigenvalue weighted by molar-refractivity contribution is 5.95. The molecule has 1 aromatic carbocycles. The van der Waals surface area contributed by atoms with Crippen molar-refractivity contribution < 1.29 is 14.3 Å². The SMILES string of the molecule is COc1cc(C(=O)N(Cc2ccncc2)C2CC2)ccc1OC1CCCC1. The molecule has 1 heterocycles. The number of amides is 1. The monoisotopic (exact) mass is 366 g/mol. The van der Waals surface area contributed by atoms with E-state index in [9.17, 15) is 4.79 Å². The molecule has 142 valence electrons. The largest absolute Gasteiger partial charge is 0.493 e. The number of benzene rings is 1. The third-order valence-electron chi connectivity index (χ3n) is 5.36. The molecule has 1 aromatic heterocycles. The summed E-state index contributed by atoms with van der Waals surface area (Å²) in [6.45, 7) is 0.606. The highest BCUT2D eigenvalue weighted by Gasteiger charge is 2.33. The first kappa shape index (κ1) is 17.8. The van der Waals surface area contributed by atoms with Gasteiger partial charge < -0.3 is 14.4 Å². The highest BCUT2D eigenvalue weighted by atomic mass is 16.5. The van der Waals surface area contributed by atoms with E-state index in [0.29, 0.717) is 23.9 Å². The van der Waals surface area contributed by atoms with Crippen molar-refractivity contribution in [2.24, 2.45) is 0 Å². The number of rotatable bonds is 7. The molecule has 0 N–H and O–H groups in total. The van der Waals surface area contributed by atoms with Gasteiger partial charge in [0.15, 0.2) is 11.5 Å². The van der Waals surface area contributed by atoms with Crippen LogP contribution in [0, 0.1) is 0 Å². The summed E-state index contributed by atoms with van der Waals surface area (Å²) in [4.78, 5) is 19.2. The van der Waals surface area contributed by atoms with Crippen LogP contribution >= 0.6 is 0 Å². The summed E-state index contributed by atoms with van der Waals surface area (Å²) in [6.07, 6.45) is 10.5. The molecule has 27 heavy (non-hydrogen) atoms. The van der Waals surface area contributed by atoms with Crippen LogP contribution in [0.25, 0.3) is 0 Å². The molecule has 0 saturated heterocycles. The van der Waals surface area contributed by atoms with Gasteiger partial charge in [-0.05, 0) is 74.4 Å². The number of hydrogen-bond donors (Lipinski definition) is 0. The van der Waals surface area contributed by atoms with E-state index in [1.165, 1.54) is 12.8 Å². The van der Waals surface area contributed by atoms with Crippen molar-refractivity contribution in [3.8, 4) is 11.5 Å². The molecule has 0 atom stereocenters. The Bertz CT molecular complexity index is 783. The van der Waals surface area contributed by atoms with Crippen molar-refractivity contribution in [1.82, 2.24) is 9.88 Å². The summed E-state index contributed by atoms with van der Waals surface area (Å²) >= 11 is 0. The zero-order valence-corrected chi connectivity index (χ0v) is 15.8. The van der Waals surface area contributed by atoms with Gasteiger partial charge in [0.2, 0.25) is 0 Å². The Morgan fingerprint density at radius 3 is 2.48 bits per heavy atom. The van der Waals surface area contributed by atoms with Crippen LogP contribution in [0.4, 0.5) is 0 Å². The van der Waals surface area contributed by atoms with Crippen molar-refractivity contribution in [2.75, 3.05) is 7.11 Å². The zero-order chi connectivity index (χ0) is 18.6. The lowest BCUT2D eigenvalue weighted by Gasteiger charge is -2.23. The van der Waals surface area contributed by atoms with Crippen LogP contribution in [0.2, 0.25) is 0 Å². The number of carbonyl (C=O) groups excluding carboxylic acids is 1. The van der Waals surface area contributed by atoms with Crippen molar-refractivity contribution in [3.05, 3.63) is 53.9 Å². The van der Waals surface area contributed by atoms with Gasteiger partial charge in [-0.15, -0.1) is 0 Å². The van der Waals surface area contributed by atoms with Gasteiger partial charge in [0.05, 0.1) is 13.2 Å². The lowest BCUT2D eigenvalue weighted by molar-refractivity contribution is 0.0729. The van der Waals surface area contributed by atoms with Crippen LogP contribution in [0.15, 0.2) is 42.7 Å². The first-order valence-corrected chi connectivity index (χ1v) is 9.79. The Morgan fingerprint density at radius 1 is 1.07 bits per heavy atom. The summed E-state index contributed by atoms with van der Waals surface area (Å²) in [5.74, 6) is 1.40. The van der Waals surface area contributed by atoms with Gasteiger partial charge in [-0.2, -0.15) is 0 Å². The first-order valence-electron chi connectivity index (χ1n) is 9.79. The van der Waals surface area contributed by atoms with Gasteiger partial charge in [-0.3, -0.25) is 9.78 Å². The molecule has 2 aliphatic rings. The molecular weight excluding hydrogens is 340 g/mol. The molecule has 5 nitrogen and oxygen atoms in total. The van der Waals surface area contributed by atoms with E-state index < -0.39 is 0 Å². The minimum atomic E-state index is 0.0417. The molecule has 0 radical (unpaired) electrons. The second kappa shape index (κ2) is 7.99. The molecule has 2 aromatic rings. The van der Waals surface area contributed by atoms with Crippen LogP contribution in [0.3, 0.4) is 0 Å². The molecule has 0 bridgehead atoms. The second-order valence-corrected chi connectivity index (χ2v) is 7.41. The summed E-state index contributed by atoms with van der Waals surface area (Å²) < 4.78 is 11.6. The number of nitrogens with zero attached hydrogens (tertiary/aromatic N) is 2. The fraction of sp³-hybridized carbons (Fsp3) is 0.455. The number of pyridine rings is 1. The fourth-order valence-corrected chi connectivity index (χ4v) is 3.69. The fourth-order valence-electron chi connectivity index (χ4n) is 3.69. The van der Waals surface area contributed by atoms with Crippen molar-refractivity contribution in [1.29, 1.82) is 0 Å². The van der Waals surface area contributed by atoms with Gasteiger partial charge in [0, 0.05) is 30.5 Å². The number of aromatic nitrogens is 1. The van der Waals surface area contributed by atoms with Crippen molar-refractivity contribution >= 4 is 5.91 Å². The predicted molar refractivity (Wildman–Crippen MR) is 103 cm³/mol. The van der Waals surface area contributed by atoms with E-state index in [2.05, 4.69) is 4.98 Å². The van der Waals surface area contributed by atoms with E-state index in [1.54, 1.807) is 19.5 Å². The van der Waals surface area contributed by atoms with Gasteiger partial charge in [-0.1, -0.05) is 0 Å². The standard InChI is InChI=1S/C22H26N2O3/c1-26-21-14-17(6-9-20(21)27-19-4-2-3-5-19)22(25)24(18-7-8-18)15-16-10-12-23-13-11-16/h6,9-14,18-19H,2-5,7-8,15H2,1H3. The minimum Gasteiger partial charge on any atom is -0.493 e. The zero-order valence-electron chi connectivity index (χ0n) is 15.8. The number of methoxy groups -OCH3 is 1. The Labute approximate surface area is 160 Å². The second-order valence-electron chi connectivity index (χ2n) is 7.41. The van der Waals surface area contributed by atoms with Crippen LogP contribution in [0.1, 0.15) is 54.4 Å². The van der Waals surface area contributed by atoms with E-state index in [4.69, 9.17) is 9.47 Å². The highest BCUT2D eigenvalue weighted by Crippen LogP contribution is 2.34. The van der Waals surface area contributed by atoms with Gasteiger partial charge in [0.25, 0.3) is 5.91 Å². The topological polar surface area (TPSA) is 51.7 Å². The normalized spacial score (nSPS) is 16.9. The Balaban J connectivity index is 1.52.